The summed E-state index contributed by atoms with van der Waals surface area (Å²) in [5, 5.41) is 11.2. The van der Waals surface area contributed by atoms with Gasteiger partial charge in [-0.25, -0.2) is 9.97 Å². The first kappa shape index (κ1) is 19.0. The van der Waals surface area contributed by atoms with Crippen LogP contribution in [0.5, 0.6) is 0 Å². The summed E-state index contributed by atoms with van der Waals surface area (Å²) >= 11 is 0. The van der Waals surface area contributed by atoms with E-state index in [1.807, 2.05) is 28.9 Å². The number of halogens is 3. The van der Waals surface area contributed by atoms with Crippen molar-refractivity contribution < 1.29 is 18.0 Å². The fourth-order valence-electron chi connectivity index (χ4n) is 4.40. The van der Waals surface area contributed by atoms with Gasteiger partial charge in [0, 0.05) is 23.9 Å². The van der Waals surface area contributed by atoms with Crippen LogP contribution in [0.15, 0.2) is 30.6 Å². The summed E-state index contributed by atoms with van der Waals surface area (Å²) in [5.41, 5.74) is 1.19. The zero-order chi connectivity index (χ0) is 21.0. The number of carbonyl (C=O) groups excluding carboxylic acids is 1. The molecule has 0 spiro atoms. The maximum atomic E-state index is 13.8. The third kappa shape index (κ3) is 2.94. The highest BCUT2D eigenvalue weighted by Gasteiger charge is 2.47. The number of carbonyl (C=O) groups is 1. The van der Waals surface area contributed by atoms with Crippen LogP contribution >= 0.6 is 0 Å². The van der Waals surface area contributed by atoms with Crippen molar-refractivity contribution in [3.63, 3.8) is 0 Å². The van der Waals surface area contributed by atoms with Gasteiger partial charge in [0.25, 0.3) is 0 Å². The third-order valence-corrected chi connectivity index (χ3v) is 5.90. The van der Waals surface area contributed by atoms with Gasteiger partial charge in [0.2, 0.25) is 5.91 Å². The molecule has 2 aliphatic heterocycles. The SMILES string of the molecule is C[C@@H]1CNC[C@@H]1n1nc(-c2ncnc3c2[C@H](C(F)(F)F)CC(=O)N3)c2ccccc21. The highest BCUT2D eigenvalue weighted by molar-refractivity contribution is 5.98. The first-order valence-electron chi connectivity index (χ1n) is 9.74. The lowest BCUT2D eigenvalue weighted by Gasteiger charge is -2.27. The molecule has 1 fully saturated rings. The summed E-state index contributed by atoms with van der Waals surface area (Å²) in [6, 6.07) is 7.53. The molecule has 1 amide bonds. The normalized spacial score (nSPS) is 24.1. The summed E-state index contributed by atoms with van der Waals surface area (Å²) in [5.74, 6) is -2.47. The average molecular weight is 416 g/mol. The summed E-state index contributed by atoms with van der Waals surface area (Å²) in [4.78, 5) is 20.0. The summed E-state index contributed by atoms with van der Waals surface area (Å²) < 4.78 is 43.4. The highest BCUT2D eigenvalue weighted by Crippen LogP contribution is 2.46. The van der Waals surface area contributed by atoms with Gasteiger partial charge >= 0.3 is 6.18 Å². The van der Waals surface area contributed by atoms with Crippen LogP contribution in [-0.2, 0) is 4.79 Å². The fourth-order valence-corrected chi connectivity index (χ4v) is 4.40. The Hall–Kier alpha value is -3.01. The van der Waals surface area contributed by atoms with E-state index in [9.17, 15) is 18.0 Å². The quantitative estimate of drug-likeness (QED) is 0.670. The second-order valence-electron chi connectivity index (χ2n) is 7.84. The fraction of sp³-hybridized carbons (Fsp3) is 0.400. The Balaban J connectivity index is 1.75. The van der Waals surface area contributed by atoms with Crippen LogP contribution in [0.4, 0.5) is 19.0 Å². The number of rotatable bonds is 2. The molecule has 1 saturated heterocycles. The predicted molar refractivity (Wildman–Crippen MR) is 104 cm³/mol. The van der Waals surface area contributed by atoms with Crippen LogP contribution in [0, 0.1) is 5.92 Å². The van der Waals surface area contributed by atoms with Crippen molar-refractivity contribution in [1.29, 1.82) is 0 Å². The molecule has 4 heterocycles. The van der Waals surface area contributed by atoms with Gasteiger partial charge in [0.1, 0.15) is 23.5 Å². The number of hydrogen-bond acceptors (Lipinski definition) is 5. The first-order valence-corrected chi connectivity index (χ1v) is 9.74. The van der Waals surface area contributed by atoms with E-state index in [1.54, 1.807) is 0 Å². The second kappa shape index (κ2) is 6.76. The van der Waals surface area contributed by atoms with E-state index >= 15 is 0 Å². The Morgan fingerprint density at radius 1 is 1.13 bits per heavy atom. The molecule has 5 rings (SSSR count). The van der Waals surface area contributed by atoms with Crippen LogP contribution in [0.3, 0.4) is 0 Å². The zero-order valence-corrected chi connectivity index (χ0v) is 16.1. The molecule has 3 atom stereocenters. The number of nitrogens with zero attached hydrogens (tertiary/aromatic N) is 4. The molecule has 1 aromatic carbocycles. The highest BCUT2D eigenvalue weighted by atomic mass is 19.4. The standard InChI is InChI=1S/C20H19F3N6O/c1-10-7-24-8-14(10)29-13-5-3-2-4-11(13)17(28-29)18-16-12(20(21,22)23)6-15(30)27-19(16)26-9-25-18/h2-5,9-10,12,14,24H,6-8H2,1H3,(H,25,26,27,30)/t10-,12-,14+/m1/s1. The topological polar surface area (TPSA) is 84.7 Å². The van der Waals surface area contributed by atoms with Crippen molar-refractivity contribution in [2.24, 2.45) is 5.92 Å². The maximum Gasteiger partial charge on any atom is 0.396 e. The molecule has 3 aromatic rings. The zero-order valence-electron chi connectivity index (χ0n) is 16.1. The molecule has 0 bridgehead atoms. The van der Waals surface area contributed by atoms with E-state index in [0.717, 1.165) is 24.0 Å². The average Bonchev–Trinajstić information content (AvgIpc) is 3.29. The third-order valence-electron chi connectivity index (χ3n) is 5.90. The van der Waals surface area contributed by atoms with E-state index in [4.69, 9.17) is 5.10 Å². The Morgan fingerprint density at radius 3 is 2.67 bits per heavy atom. The molecule has 0 saturated carbocycles. The number of hydrogen-bond donors (Lipinski definition) is 2. The van der Waals surface area contributed by atoms with Gasteiger partial charge in [-0.2, -0.15) is 18.3 Å². The Morgan fingerprint density at radius 2 is 1.93 bits per heavy atom. The minimum absolute atomic E-state index is 0.0828. The molecule has 0 unspecified atom stereocenters. The number of benzene rings is 1. The number of aromatic nitrogens is 4. The largest absolute Gasteiger partial charge is 0.396 e. The molecular formula is C20H19F3N6O. The van der Waals surface area contributed by atoms with Crippen LogP contribution in [0.25, 0.3) is 22.3 Å². The van der Waals surface area contributed by atoms with E-state index in [0.29, 0.717) is 11.6 Å². The molecular weight excluding hydrogens is 397 g/mol. The second-order valence-corrected chi connectivity index (χ2v) is 7.84. The number of amides is 1. The lowest BCUT2D eigenvalue weighted by molar-refractivity contribution is -0.156. The van der Waals surface area contributed by atoms with E-state index in [2.05, 4.69) is 27.5 Å². The van der Waals surface area contributed by atoms with Crippen molar-refractivity contribution in [2.75, 3.05) is 18.4 Å². The van der Waals surface area contributed by atoms with Crippen LogP contribution < -0.4 is 10.6 Å². The van der Waals surface area contributed by atoms with Gasteiger partial charge in [-0.3, -0.25) is 9.48 Å². The Labute approximate surface area is 169 Å². The van der Waals surface area contributed by atoms with Gasteiger partial charge in [0.15, 0.2) is 0 Å². The summed E-state index contributed by atoms with van der Waals surface area (Å²) in [7, 11) is 0. The number of alkyl halides is 3. The monoisotopic (exact) mass is 416 g/mol. The van der Waals surface area contributed by atoms with Gasteiger partial charge in [-0.05, 0) is 18.5 Å². The lowest BCUT2D eigenvalue weighted by Crippen LogP contribution is -2.33. The predicted octanol–water partition coefficient (Wildman–Crippen LogP) is 3.26. The van der Waals surface area contributed by atoms with Gasteiger partial charge in [-0.15, -0.1) is 0 Å². The van der Waals surface area contributed by atoms with E-state index in [-0.39, 0.29) is 23.1 Å². The summed E-state index contributed by atoms with van der Waals surface area (Å²) in [6.07, 6.45) is -4.13. The molecule has 0 radical (unpaired) electrons. The van der Waals surface area contributed by atoms with E-state index in [1.165, 1.54) is 6.33 Å². The molecule has 30 heavy (non-hydrogen) atoms. The van der Waals surface area contributed by atoms with Crippen LogP contribution in [0.1, 0.15) is 30.9 Å². The van der Waals surface area contributed by atoms with Gasteiger partial charge < -0.3 is 10.6 Å². The molecule has 2 aliphatic rings. The molecule has 7 nitrogen and oxygen atoms in total. The smallest absolute Gasteiger partial charge is 0.314 e. The van der Waals surface area contributed by atoms with Gasteiger partial charge in [-0.1, -0.05) is 25.1 Å². The van der Waals surface area contributed by atoms with E-state index < -0.39 is 24.4 Å². The minimum atomic E-state index is -4.60. The molecule has 0 aliphatic carbocycles. The summed E-state index contributed by atoms with van der Waals surface area (Å²) in [6.45, 7) is 3.69. The minimum Gasteiger partial charge on any atom is -0.314 e. The molecule has 2 N–H and O–H groups in total. The maximum absolute atomic E-state index is 13.8. The van der Waals surface area contributed by atoms with Crippen molar-refractivity contribution >= 4 is 22.6 Å². The number of anilines is 1. The number of para-hydroxylation sites is 1. The Bertz CT molecular complexity index is 1140. The molecule has 10 heteroatoms. The number of nitrogens with one attached hydrogen (secondary N) is 2. The first-order chi connectivity index (χ1) is 14.3. The molecule has 2 aromatic heterocycles. The van der Waals surface area contributed by atoms with Crippen molar-refractivity contribution in [3.05, 3.63) is 36.2 Å². The lowest BCUT2D eigenvalue weighted by atomic mass is 9.89. The van der Waals surface area contributed by atoms with Crippen LogP contribution in [-0.4, -0.2) is 44.9 Å². The van der Waals surface area contributed by atoms with Crippen molar-refractivity contribution in [2.45, 2.75) is 31.5 Å². The van der Waals surface area contributed by atoms with Crippen molar-refractivity contribution in [1.82, 2.24) is 25.1 Å². The number of fused-ring (bicyclic) bond motifs is 2. The molecule has 156 valence electrons. The van der Waals surface area contributed by atoms with Crippen LogP contribution in [0.2, 0.25) is 0 Å². The van der Waals surface area contributed by atoms with Gasteiger partial charge in [0.05, 0.1) is 17.5 Å². The Kier molecular flexibility index (Phi) is 4.28. The van der Waals surface area contributed by atoms with Crippen molar-refractivity contribution in [3.8, 4) is 11.4 Å².